The molecule has 1 aliphatic rings. The molecule has 1 saturated heterocycles. The van der Waals surface area contributed by atoms with E-state index in [2.05, 4.69) is 25.2 Å². The smallest absolute Gasteiger partial charge is 0.227 e. The number of halogens is 2. The molecule has 5 rings (SSSR count). The van der Waals surface area contributed by atoms with Crippen molar-refractivity contribution in [1.82, 2.24) is 15.0 Å². The van der Waals surface area contributed by atoms with Crippen molar-refractivity contribution in [3.63, 3.8) is 0 Å². The van der Waals surface area contributed by atoms with Crippen molar-refractivity contribution in [2.45, 2.75) is 0 Å². The van der Waals surface area contributed by atoms with Crippen molar-refractivity contribution >= 4 is 28.2 Å². The van der Waals surface area contributed by atoms with Gasteiger partial charge in [-0.05, 0) is 36.4 Å². The number of H-pyrrole nitrogens is 1. The Morgan fingerprint density at radius 3 is 2.63 bits per heavy atom. The average Bonchev–Trinajstić information content (AvgIpc) is 3.19. The highest BCUT2D eigenvalue weighted by Gasteiger charge is 2.14. The van der Waals surface area contributed by atoms with Crippen molar-refractivity contribution in [1.29, 1.82) is 0 Å². The molecule has 8 heteroatoms. The van der Waals surface area contributed by atoms with Crippen LogP contribution in [0.3, 0.4) is 0 Å². The molecule has 0 bridgehead atoms. The fraction of sp³-hybridized carbons (Fsp3) is 0.182. The Morgan fingerprint density at radius 1 is 1.03 bits per heavy atom. The largest absolute Gasteiger partial charge is 0.378 e. The number of anilines is 3. The minimum atomic E-state index is -0.635. The molecular weight excluding hydrogens is 388 g/mol. The summed E-state index contributed by atoms with van der Waals surface area (Å²) in [6.45, 7) is 3.23. The lowest BCUT2D eigenvalue weighted by Crippen LogP contribution is -2.36. The number of nitrogens with zero attached hydrogens (tertiary/aromatic N) is 3. The zero-order valence-corrected chi connectivity index (χ0v) is 16.0. The van der Waals surface area contributed by atoms with E-state index in [9.17, 15) is 8.78 Å². The minimum absolute atomic E-state index is 0.248. The van der Waals surface area contributed by atoms with E-state index in [1.54, 1.807) is 18.5 Å². The molecule has 152 valence electrons. The molecule has 2 aromatic carbocycles. The third kappa shape index (κ3) is 3.57. The van der Waals surface area contributed by atoms with Crippen LogP contribution in [0.4, 0.5) is 26.1 Å². The second kappa shape index (κ2) is 7.72. The van der Waals surface area contributed by atoms with Crippen LogP contribution < -0.4 is 10.2 Å². The molecule has 2 aromatic heterocycles. The van der Waals surface area contributed by atoms with Crippen molar-refractivity contribution in [3.8, 4) is 11.3 Å². The predicted octanol–water partition coefficient (Wildman–Crippen LogP) is 4.48. The van der Waals surface area contributed by atoms with Gasteiger partial charge in [-0.1, -0.05) is 0 Å². The SMILES string of the molecule is Fc1cc(F)c2[nH]cc(-c3ccnc(Nc4ccc(N5CCOCC5)cc4)n3)c2c1. The van der Waals surface area contributed by atoms with Crippen molar-refractivity contribution in [2.75, 3.05) is 36.5 Å². The van der Waals surface area contributed by atoms with Crippen LogP contribution in [-0.4, -0.2) is 41.3 Å². The molecular formula is C22H19F2N5O. The van der Waals surface area contributed by atoms with Crippen molar-refractivity contribution in [3.05, 3.63) is 66.5 Å². The molecule has 0 amide bonds. The summed E-state index contributed by atoms with van der Waals surface area (Å²) >= 11 is 0. The van der Waals surface area contributed by atoms with Crippen LogP contribution in [-0.2, 0) is 4.74 Å². The van der Waals surface area contributed by atoms with Crippen LogP contribution in [0.25, 0.3) is 22.2 Å². The van der Waals surface area contributed by atoms with Gasteiger partial charge in [0.15, 0.2) is 0 Å². The molecule has 6 nitrogen and oxygen atoms in total. The van der Waals surface area contributed by atoms with Gasteiger partial charge < -0.3 is 19.9 Å². The average molecular weight is 407 g/mol. The quantitative estimate of drug-likeness (QED) is 0.522. The summed E-state index contributed by atoms with van der Waals surface area (Å²) in [5.41, 5.74) is 3.41. The number of benzene rings is 2. The molecule has 30 heavy (non-hydrogen) atoms. The van der Waals surface area contributed by atoms with E-state index >= 15 is 0 Å². The number of rotatable bonds is 4. The first-order valence-electron chi connectivity index (χ1n) is 9.67. The third-order valence-corrected chi connectivity index (χ3v) is 5.14. The van der Waals surface area contributed by atoms with Gasteiger partial charge in [0.05, 0.1) is 24.4 Å². The number of aromatic amines is 1. The topological polar surface area (TPSA) is 66.1 Å². The fourth-order valence-corrected chi connectivity index (χ4v) is 3.64. The third-order valence-electron chi connectivity index (χ3n) is 5.14. The van der Waals surface area contributed by atoms with Gasteiger partial charge in [0, 0.05) is 53.9 Å². The Labute approximate surface area is 171 Å². The van der Waals surface area contributed by atoms with Gasteiger partial charge in [-0.2, -0.15) is 0 Å². The van der Waals surface area contributed by atoms with E-state index in [1.807, 2.05) is 24.3 Å². The summed E-state index contributed by atoms with van der Waals surface area (Å²) < 4.78 is 33.1. The number of aromatic nitrogens is 3. The van der Waals surface area contributed by atoms with Gasteiger partial charge in [-0.15, -0.1) is 0 Å². The van der Waals surface area contributed by atoms with E-state index in [0.717, 1.165) is 43.7 Å². The van der Waals surface area contributed by atoms with Crippen LogP contribution in [0, 0.1) is 11.6 Å². The molecule has 0 radical (unpaired) electrons. The zero-order valence-electron chi connectivity index (χ0n) is 16.0. The summed E-state index contributed by atoms with van der Waals surface area (Å²) in [5, 5.41) is 3.62. The van der Waals surface area contributed by atoms with Crippen LogP contribution in [0.5, 0.6) is 0 Å². The van der Waals surface area contributed by atoms with Gasteiger partial charge in [0.1, 0.15) is 11.6 Å². The molecule has 0 atom stereocenters. The van der Waals surface area contributed by atoms with E-state index in [0.29, 0.717) is 22.6 Å². The maximum Gasteiger partial charge on any atom is 0.227 e. The van der Waals surface area contributed by atoms with E-state index in [-0.39, 0.29) is 5.52 Å². The maximum atomic E-state index is 14.0. The lowest BCUT2D eigenvalue weighted by Gasteiger charge is -2.28. The molecule has 0 aliphatic carbocycles. The first-order chi connectivity index (χ1) is 14.7. The molecule has 1 fully saturated rings. The first-order valence-corrected chi connectivity index (χ1v) is 9.67. The second-order valence-corrected chi connectivity index (χ2v) is 7.05. The highest BCUT2D eigenvalue weighted by Crippen LogP contribution is 2.30. The second-order valence-electron chi connectivity index (χ2n) is 7.05. The fourth-order valence-electron chi connectivity index (χ4n) is 3.64. The van der Waals surface area contributed by atoms with Crippen LogP contribution in [0.15, 0.2) is 54.9 Å². The highest BCUT2D eigenvalue weighted by atomic mass is 19.1. The number of hydrogen-bond donors (Lipinski definition) is 2. The lowest BCUT2D eigenvalue weighted by atomic mass is 10.1. The van der Waals surface area contributed by atoms with Crippen LogP contribution in [0.2, 0.25) is 0 Å². The summed E-state index contributed by atoms with van der Waals surface area (Å²) in [6, 6.07) is 11.9. The lowest BCUT2D eigenvalue weighted by molar-refractivity contribution is 0.122. The molecule has 1 aliphatic heterocycles. The van der Waals surface area contributed by atoms with Crippen LogP contribution >= 0.6 is 0 Å². The van der Waals surface area contributed by atoms with Gasteiger partial charge >= 0.3 is 0 Å². The van der Waals surface area contributed by atoms with Crippen molar-refractivity contribution in [2.24, 2.45) is 0 Å². The first kappa shape index (κ1) is 18.5. The number of ether oxygens (including phenoxy) is 1. The Balaban J connectivity index is 1.39. The minimum Gasteiger partial charge on any atom is -0.378 e. The number of morpholine rings is 1. The van der Waals surface area contributed by atoms with E-state index < -0.39 is 11.6 Å². The zero-order chi connectivity index (χ0) is 20.5. The highest BCUT2D eigenvalue weighted by molar-refractivity contribution is 5.95. The maximum absolute atomic E-state index is 14.0. The summed E-state index contributed by atoms with van der Waals surface area (Å²) in [5.74, 6) is -0.865. The van der Waals surface area contributed by atoms with E-state index in [4.69, 9.17) is 4.74 Å². The summed E-state index contributed by atoms with van der Waals surface area (Å²) in [4.78, 5) is 13.9. The standard InChI is InChI=1S/C22H19F2N5O/c23-14-11-17-18(13-26-21(17)19(24)12-14)20-5-6-25-22(28-20)27-15-1-3-16(4-2-15)29-7-9-30-10-8-29/h1-6,11-13,26H,7-10H2,(H,25,27,28). The van der Waals surface area contributed by atoms with Gasteiger partial charge in [-0.3, -0.25) is 0 Å². The van der Waals surface area contributed by atoms with Gasteiger partial charge in [0.2, 0.25) is 5.95 Å². The summed E-state index contributed by atoms with van der Waals surface area (Å²) in [6.07, 6.45) is 3.23. The van der Waals surface area contributed by atoms with Gasteiger partial charge in [0.25, 0.3) is 0 Å². The summed E-state index contributed by atoms with van der Waals surface area (Å²) in [7, 11) is 0. The monoisotopic (exact) mass is 407 g/mol. The normalized spacial score (nSPS) is 14.3. The molecule has 0 saturated carbocycles. The molecule has 2 N–H and O–H groups in total. The number of hydrogen-bond acceptors (Lipinski definition) is 5. The Kier molecular flexibility index (Phi) is 4.76. The number of nitrogens with one attached hydrogen (secondary N) is 2. The Bertz CT molecular complexity index is 1190. The molecule has 0 unspecified atom stereocenters. The molecule has 4 aromatic rings. The van der Waals surface area contributed by atoms with E-state index in [1.165, 1.54) is 6.07 Å². The Hall–Kier alpha value is -3.52. The molecule has 3 heterocycles. The van der Waals surface area contributed by atoms with Crippen molar-refractivity contribution < 1.29 is 13.5 Å². The van der Waals surface area contributed by atoms with Gasteiger partial charge in [-0.25, -0.2) is 18.7 Å². The van der Waals surface area contributed by atoms with Crippen LogP contribution in [0.1, 0.15) is 0 Å². The number of fused-ring (bicyclic) bond motifs is 1. The molecule has 0 spiro atoms. The Morgan fingerprint density at radius 2 is 1.83 bits per heavy atom. The predicted molar refractivity (Wildman–Crippen MR) is 112 cm³/mol.